The molecule has 0 aliphatic carbocycles. The first-order chi connectivity index (χ1) is 7.56. The molecule has 0 fully saturated rings. The minimum Gasteiger partial charge on any atom is -0.496 e. The van der Waals surface area contributed by atoms with Crippen LogP contribution in [-0.2, 0) is 0 Å². The minimum absolute atomic E-state index is 0.0378. The highest BCUT2D eigenvalue weighted by Crippen LogP contribution is 2.40. The summed E-state index contributed by atoms with van der Waals surface area (Å²) in [5, 5.41) is 9.21. The molecule has 0 aliphatic heterocycles. The third-order valence-corrected chi connectivity index (χ3v) is 3.24. The van der Waals surface area contributed by atoms with Gasteiger partial charge in [-0.15, -0.1) is 0 Å². The number of hydrogen-bond acceptors (Lipinski definition) is 3. The molecule has 1 aromatic rings. The summed E-state index contributed by atoms with van der Waals surface area (Å²) in [5.74, 6) is 1.59. The Morgan fingerprint density at radius 3 is 2.31 bits per heavy atom. The highest BCUT2D eigenvalue weighted by molar-refractivity contribution is 9.10. The molecule has 1 unspecified atom stereocenters. The molecule has 0 radical (unpaired) electrons. The smallest absolute Gasteiger partial charge is 0.139 e. The lowest BCUT2D eigenvalue weighted by molar-refractivity contribution is 0.269. The molecule has 0 saturated heterocycles. The van der Waals surface area contributed by atoms with E-state index in [0.717, 1.165) is 27.1 Å². The zero-order chi connectivity index (χ0) is 12.3. The lowest BCUT2D eigenvalue weighted by Gasteiger charge is -2.19. The van der Waals surface area contributed by atoms with Crippen molar-refractivity contribution in [1.29, 1.82) is 0 Å². The fraction of sp³-hybridized carbons (Fsp3) is 0.500. The molecular formula is C12H17BrO3. The summed E-state index contributed by atoms with van der Waals surface area (Å²) in [6, 6.07) is 1.94. The molecule has 0 aromatic heterocycles. The summed E-state index contributed by atoms with van der Waals surface area (Å²) in [4.78, 5) is 0. The minimum atomic E-state index is 0.0378. The van der Waals surface area contributed by atoms with E-state index in [2.05, 4.69) is 15.9 Å². The van der Waals surface area contributed by atoms with E-state index in [-0.39, 0.29) is 12.5 Å². The summed E-state index contributed by atoms with van der Waals surface area (Å²) in [6.07, 6.45) is 0. The van der Waals surface area contributed by atoms with Crippen molar-refractivity contribution in [3.05, 3.63) is 21.7 Å². The van der Waals surface area contributed by atoms with E-state index >= 15 is 0 Å². The second-order valence-electron chi connectivity index (χ2n) is 3.72. The molecule has 4 heteroatoms. The highest BCUT2D eigenvalue weighted by atomic mass is 79.9. The third kappa shape index (κ3) is 2.33. The zero-order valence-corrected chi connectivity index (χ0v) is 11.6. The van der Waals surface area contributed by atoms with Crippen molar-refractivity contribution < 1.29 is 14.6 Å². The number of rotatable bonds is 4. The van der Waals surface area contributed by atoms with Gasteiger partial charge in [-0.2, -0.15) is 0 Å². The normalized spacial score (nSPS) is 12.4. The van der Waals surface area contributed by atoms with Crippen LogP contribution in [0.4, 0.5) is 0 Å². The highest BCUT2D eigenvalue weighted by Gasteiger charge is 2.18. The number of ether oxygens (including phenoxy) is 2. The summed E-state index contributed by atoms with van der Waals surface area (Å²) in [7, 11) is 3.25. The van der Waals surface area contributed by atoms with E-state index < -0.39 is 0 Å². The molecule has 0 aliphatic rings. The Balaban J connectivity index is 3.40. The quantitative estimate of drug-likeness (QED) is 0.926. The van der Waals surface area contributed by atoms with Crippen molar-refractivity contribution in [3.63, 3.8) is 0 Å². The predicted octanol–water partition coefficient (Wildman–Crippen LogP) is 2.87. The van der Waals surface area contributed by atoms with Gasteiger partial charge in [0.05, 0.1) is 18.7 Å². The Bertz CT molecular complexity index is 377. The van der Waals surface area contributed by atoms with Crippen molar-refractivity contribution in [1.82, 2.24) is 0 Å². The number of methoxy groups -OCH3 is 2. The molecule has 0 bridgehead atoms. The molecule has 1 N–H and O–H groups in total. The van der Waals surface area contributed by atoms with Gasteiger partial charge < -0.3 is 14.6 Å². The Labute approximate surface area is 105 Å². The fourth-order valence-corrected chi connectivity index (χ4v) is 2.46. The van der Waals surface area contributed by atoms with Crippen LogP contribution in [0.2, 0.25) is 0 Å². The average molecular weight is 289 g/mol. The molecule has 0 saturated carbocycles. The standard InChI is InChI=1S/C12H17BrO3/c1-7(6-14)9-5-10(13)12(16-4)8(2)11(9)15-3/h5,7,14H,6H2,1-4H3. The maximum Gasteiger partial charge on any atom is 0.139 e. The van der Waals surface area contributed by atoms with Crippen LogP contribution in [0.3, 0.4) is 0 Å². The van der Waals surface area contributed by atoms with Gasteiger partial charge >= 0.3 is 0 Å². The molecule has 0 amide bonds. The topological polar surface area (TPSA) is 38.7 Å². The van der Waals surface area contributed by atoms with E-state index in [9.17, 15) is 5.11 Å². The molecule has 1 atom stereocenters. The molecule has 1 rings (SSSR count). The van der Waals surface area contributed by atoms with Gasteiger partial charge in [-0.05, 0) is 28.9 Å². The van der Waals surface area contributed by atoms with Crippen LogP contribution in [0.1, 0.15) is 24.0 Å². The van der Waals surface area contributed by atoms with Gasteiger partial charge in [0.25, 0.3) is 0 Å². The van der Waals surface area contributed by atoms with Gasteiger partial charge in [0.2, 0.25) is 0 Å². The van der Waals surface area contributed by atoms with Crippen LogP contribution in [-0.4, -0.2) is 25.9 Å². The molecule has 16 heavy (non-hydrogen) atoms. The Morgan fingerprint density at radius 1 is 1.31 bits per heavy atom. The van der Waals surface area contributed by atoms with E-state index in [1.165, 1.54) is 0 Å². The van der Waals surface area contributed by atoms with Crippen LogP contribution in [0, 0.1) is 6.92 Å². The third-order valence-electron chi connectivity index (χ3n) is 2.66. The number of halogens is 1. The summed E-state index contributed by atoms with van der Waals surface area (Å²) in [5.41, 5.74) is 1.92. The number of aliphatic hydroxyl groups is 1. The van der Waals surface area contributed by atoms with Gasteiger partial charge in [0, 0.05) is 23.7 Å². The largest absolute Gasteiger partial charge is 0.496 e. The van der Waals surface area contributed by atoms with Crippen molar-refractivity contribution >= 4 is 15.9 Å². The lowest BCUT2D eigenvalue weighted by Crippen LogP contribution is -2.05. The molecule has 1 aromatic carbocycles. The van der Waals surface area contributed by atoms with Crippen LogP contribution < -0.4 is 9.47 Å². The van der Waals surface area contributed by atoms with Crippen molar-refractivity contribution in [2.45, 2.75) is 19.8 Å². The number of aliphatic hydroxyl groups excluding tert-OH is 1. The van der Waals surface area contributed by atoms with Gasteiger partial charge in [0.15, 0.2) is 0 Å². The summed E-state index contributed by atoms with van der Waals surface area (Å²) in [6.45, 7) is 3.99. The maximum atomic E-state index is 9.21. The molecule has 3 nitrogen and oxygen atoms in total. The Hall–Kier alpha value is -0.740. The van der Waals surface area contributed by atoms with Gasteiger partial charge in [-0.1, -0.05) is 6.92 Å². The molecule has 90 valence electrons. The monoisotopic (exact) mass is 288 g/mol. The molecular weight excluding hydrogens is 272 g/mol. The second-order valence-corrected chi connectivity index (χ2v) is 4.58. The fourth-order valence-electron chi connectivity index (χ4n) is 1.75. The second kappa shape index (κ2) is 5.55. The van der Waals surface area contributed by atoms with Crippen LogP contribution in [0.25, 0.3) is 0 Å². The zero-order valence-electron chi connectivity index (χ0n) is 10.0. The van der Waals surface area contributed by atoms with Crippen LogP contribution in [0.15, 0.2) is 10.5 Å². The van der Waals surface area contributed by atoms with E-state index in [1.54, 1.807) is 14.2 Å². The first kappa shape index (κ1) is 13.3. The Morgan fingerprint density at radius 2 is 1.88 bits per heavy atom. The number of benzene rings is 1. The molecule has 0 spiro atoms. The summed E-state index contributed by atoms with van der Waals surface area (Å²) >= 11 is 3.46. The van der Waals surface area contributed by atoms with Crippen molar-refractivity contribution in [2.75, 3.05) is 20.8 Å². The van der Waals surface area contributed by atoms with Crippen LogP contribution in [0.5, 0.6) is 11.5 Å². The summed E-state index contributed by atoms with van der Waals surface area (Å²) < 4.78 is 11.6. The first-order valence-corrected chi connectivity index (χ1v) is 5.87. The number of hydrogen-bond donors (Lipinski definition) is 1. The van der Waals surface area contributed by atoms with Crippen LogP contribution >= 0.6 is 15.9 Å². The predicted molar refractivity (Wildman–Crippen MR) is 67.5 cm³/mol. The van der Waals surface area contributed by atoms with E-state index in [0.29, 0.717) is 0 Å². The lowest BCUT2D eigenvalue weighted by atomic mass is 9.98. The van der Waals surface area contributed by atoms with E-state index in [4.69, 9.17) is 9.47 Å². The Kier molecular flexibility index (Phi) is 4.62. The van der Waals surface area contributed by atoms with Crippen molar-refractivity contribution in [2.24, 2.45) is 0 Å². The van der Waals surface area contributed by atoms with E-state index in [1.807, 2.05) is 19.9 Å². The van der Waals surface area contributed by atoms with Gasteiger partial charge in [-0.25, -0.2) is 0 Å². The SMILES string of the molecule is COc1c(Br)cc(C(C)CO)c(OC)c1C. The average Bonchev–Trinajstić information content (AvgIpc) is 2.28. The van der Waals surface area contributed by atoms with Gasteiger partial charge in [0.1, 0.15) is 11.5 Å². The first-order valence-electron chi connectivity index (χ1n) is 5.08. The van der Waals surface area contributed by atoms with Gasteiger partial charge in [-0.3, -0.25) is 0 Å². The maximum absolute atomic E-state index is 9.21. The van der Waals surface area contributed by atoms with Crippen molar-refractivity contribution in [3.8, 4) is 11.5 Å². The molecule has 0 heterocycles.